The predicted molar refractivity (Wildman–Crippen MR) is 87.0 cm³/mol. The molecule has 1 atom stereocenters. The second kappa shape index (κ2) is 9.46. The van der Waals surface area contributed by atoms with E-state index in [1.54, 1.807) is 0 Å². The van der Waals surface area contributed by atoms with Gasteiger partial charge in [0.05, 0.1) is 5.92 Å². The maximum atomic E-state index is 13.1. The molecule has 1 amide bonds. The van der Waals surface area contributed by atoms with Gasteiger partial charge in [-0.15, -0.1) is 0 Å². The van der Waals surface area contributed by atoms with Gasteiger partial charge in [-0.3, -0.25) is 9.59 Å². The molecule has 1 unspecified atom stereocenters. The molecule has 1 fully saturated rings. The summed E-state index contributed by atoms with van der Waals surface area (Å²) in [6.45, 7) is 1.21. The summed E-state index contributed by atoms with van der Waals surface area (Å²) in [4.78, 5) is 23.3. The number of benzene rings is 1. The normalized spacial score (nSPS) is 16.4. The number of carboxylic acids is 1. The summed E-state index contributed by atoms with van der Waals surface area (Å²) in [6.07, 6.45) is 2.50. The van der Waals surface area contributed by atoms with E-state index in [0.29, 0.717) is 44.5 Å². The average Bonchev–Trinajstić information content (AvgIpc) is 2.59. The largest absolute Gasteiger partial charge is 0.481 e. The number of aliphatic carboxylic acids is 1. The van der Waals surface area contributed by atoms with Crippen molar-refractivity contribution >= 4 is 11.9 Å². The van der Waals surface area contributed by atoms with E-state index in [9.17, 15) is 23.5 Å². The van der Waals surface area contributed by atoms with Gasteiger partial charge in [0.1, 0.15) is 0 Å². The standard InChI is InChI=1S/C18H23F2NO4/c19-15-5-4-12(10-16(15)20)2-1-3-17(22)21-11-14(18(23)24)13-6-8-25-9-7-13/h4-5,10,13-14H,1-3,6-9,11H2,(H,21,22)(H,23,24). The van der Waals surface area contributed by atoms with Crippen LogP contribution in [0.5, 0.6) is 0 Å². The summed E-state index contributed by atoms with van der Waals surface area (Å²) >= 11 is 0. The van der Waals surface area contributed by atoms with Gasteiger partial charge >= 0.3 is 5.97 Å². The van der Waals surface area contributed by atoms with Gasteiger partial charge in [-0.1, -0.05) is 6.07 Å². The van der Waals surface area contributed by atoms with Crippen LogP contribution in [0.3, 0.4) is 0 Å². The van der Waals surface area contributed by atoms with Gasteiger partial charge in [-0.05, 0) is 49.3 Å². The monoisotopic (exact) mass is 355 g/mol. The third kappa shape index (κ3) is 6.08. The average molecular weight is 355 g/mol. The highest BCUT2D eigenvalue weighted by atomic mass is 19.2. The van der Waals surface area contributed by atoms with E-state index in [4.69, 9.17) is 4.74 Å². The molecule has 1 saturated heterocycles. The molecule has 2 rings (SSSR count). The number of ether oxygens (including phenoxy) is 1. The predicted octanol–water partition coefficient (Wildman–Crippen LogP) is 2.53. The van der Waals surface area contributed by atoms with Crippen LogP contribution >= 0.6 is 0 Å². The molecule has 1 aromatic rings. The highest BCUT2D eigenvalue weighted by molar-refractivity contribution is 5.77. The van der Waals surface area contributed by atoms with E-state index in [1.807, 2.05) is 0 Å². The number of carbonyl (C=O) groups excluding carboxylic acids is 1. The van der Waals surface area contributed by atoms with Crippen LogP contribution < -0.4 is 5.32 Å². The van der Waals surface area contributed by atoms with Crippen LogP contribution in [0.15, 0.2) is 18.2 Å². The van der Waals surface area contributed by atoms with Crippen molar-refractivity contribution < 1.29 is 28.2 Å². The van der Waals surface area contributed by atoms with E-state index < -0.39 is 23.5 Å². The summed E-state index contributed by atoms with van der Waals surface area (Å²) in [5, 5.41) is 12.0. The fourth-order valence-electron chi connectivity index (χ4n) is 3.03. The third-order valence-electron chi connectivity index (χ3n) is 4.52. The molecular formula is C18H23F2NO4. The molecule has 0 radical (unpaired) electrons. The van der Waals surface area contributed by atoms with Gasteiger partial charge < -0.3 is 15.2 Å². The van der Waals surface area contributed by atoms with Crippen molar-refractivity contribution in [2.75, 3.05) is 19.8 Å². The summed E-state index contributed by atoms with van der Waals surface area (Å²) in [7, 11) is 0. The van der Waals surface area contributed by atoms with E-state index in [2.05, 4.69) is 5.32 Å². The lowest BCUT2D eigenvalue weighted by Gasteiger charge is -2.27. The Morgan fingerprint density at radius 2 is 1.96 bits per heavy atom. The molecular weight excluding hydrogens is 332 g/mol. The van der Waals surface area contributed by atoms with Crippen LogP contribution in [0.4, 0.5) is 8.78 Å². The van der Waals surface area contributed by atoms with Crippen LogP contribution in [0, 0.1) is 23.5 Å². The zero-order valence-electron chi connectivity index (χ0n) is 14.0. The number of rotatable bonds is 8. The van der Waals surface area contributed by atoms with Gasteiger partial charge in [0.25, 0.3) is 0 Å². The molecule has 5 nitrogen and oxygen atoms in total. The Morgan fingerprint density at radius 3 is 2.60 bits per heavy atom. The van der Waals surface area contributed by atoms with Crippen LogP contribution in [0.1, 0.15) is 31.2 Å². The Hall–Kier alpha value is -2.02. The summed E-state index contributed by atoms with van der Waals surface area (Å²) < 4.78 is 31.2. The van der Waals surface area contributed by atoms with Gasteiger partial charge in [-0.25, -0.2) is 8.78 Å². The minimum atomic E-state index is -0.908. The van der Waals surface area contributed by atoms with Crippen molar-refractivity contribution in [2.45, 2.75) is 32.1 Å². The first-order chi connectivity index (χ1) is 12.0. The maximum absolute atomic E-state index is 13.1. The molecule has 0 aromatic heterocycles. The molecule has 0 aliphatic carbocycles. The lowest BCUT2D eigenvalue weighted by Crippen LogP contribution is -2.38. The molecule has 1 aliphatic rings. The maximum Gasteiger partial charge on any atom is 0.308 e. The first-order valence-corrected chi connectivity index (χ1v) is 8.48. The number of carbonyl (C=O) groups is 2. The Morgan fingerprint density at radius 1 is 1.24 bits per heavy atom. The number of hydrogen-bond acceptors (Lipinski definition) is 3. The molecule has 1 heterocycles. The SMILES string of the molecule is O=C(CCCc1ccc(F)c(F)c1)NCC(C(=O)O)C1CCOCC1. The highest BCUT2D eigenvalue weighted by Gasteiger charge is 2.29. The van der Waals surface area contributed by atoms with Gasteiger partial charge in [0, 0.05) is 26.2 Å². The van der Waals surface area contributed by atoms with Crippen molar-refractivity contribution in [1.82, 2.24) is 5.32 Å². The second-order valence-electron chi connectivity index (χ2n) is 6.30. The van der Waals surface area contributed by atoms with E-state index in [-0.39, 0.29) is 24.8 Å². The molecule has 0 bridgehead atoms. The Kier molecular flexibility index (Phi) is 7.31. The fraction of sp³-hybridized carbons (Fsp3) is 0.556. The topological polar surface area (TPSA) is 75.6 Å². The number of halogens is 2. The molecule has 1 aliphatic heterocycles. The zero-order chi connectivity index (χ0) is 18.2. The molecule has 0 spiro atoms. The number of hydrogen-bond donors (Lipinski definition) is 2. The van der Waals surface area contributed by atoms with Gasteiger partial charge in [-0.2, -0.15) is 0 Å². The summed E-state index contributed by atoms with van der Waals surface area (Å²) in [6, 6.07) is 3.68. The molecule has 1 aromatic carbocycles. The van der Waals surface area contributed by atoms with Crippen molar-refractivity contribution in [3.63, 3.8) is 0 Å². The van der Waals surface area contributed by atoms with Gasteiger partial charge in [0.15, 0.2) is 11.6 Å². The van der Waals surface area contributed by atoms with Crippen LogP contribution in [-0.2, 0) is 20.7 Å². The molecule has 25 heavy (non-hydrogen) atoms. The van der Waals surface area contributed by atoms with Crippen molar-refractivity contribution in [3.8, 4) is 0 Å². The van der Waals surface area contributed by atoms with E-state index in [1.165, 1.54) is 6.07 Å². The number of nitrogens with one attached hydrogen (secondary N) is 1. The number of carboxylic acid groups (broad SMARTS) is 1. The van der Waals surface area contributed by atoms with Crippen molar-refractivity contribution in [1.29, 1.82) is 0 Å². The fourth-order valence-corrected chi connectivity index (χ4v) is 3.03. The smallest absolute Gasteiger partial charge is 0.308 e. The second-order valence-corrected chi connectivity index (χ2v) is 6.30. The molecule has 138 valence electrons. The Labute approximate surface area is 145 Å². The quantitative estimate of drug-likeness (QED) is 0.751. The lowest BCUT2D eigenvalue weighted by molar-refractivity contribution is -0.145. The lowest BCUT2D eigenvalue weighted by atomic mass is 9.86. The van der Waals surface area contributed by atoms with Crippen LogP contribution in [0.25, 0.3) is 0 Å². The highest BCUT2D eigenvalue weighted by Crippen LogP contribution is 2.23. The zero-order valence-corrected chi connectivity index (χ0v) is 14.0. The first-order valence-electron chi connectivity index (χ1n) is 8.48. The molecule has 2 N–H and O–H groups in total. The van der Waals surface area contributed by atoms with Crippen molar-refractivity contribution in [2.24, 2.45) is 11.8 Å². The van der Waals surface area contributed by atoms with E-state index >= 15 is 0 Å². The number of aryl methyl sites for hydroxylation is 1. The van der Waals surface area contributed by atoms with Crippen LogP contribution in [-0.4, -0.2) is 36.7 Å². The number of amides is 1. The first kappa shape index (κ1) is 19.3. The Balaban J connectivity index is 1.73. The molecule has 0 saturated carbocycles. The van der Waals surface area contributed by atoms with Crippen LogP contribution in [0.2, 0.25) is 0 Å². The van der Waals surface area contributed by atoms with Crippen molar-refractivity contribution in [3.05, 3.63) is 35.4 Å². The minimum absolute atomic E-state index is 0.00809. The third-order valence-corrected chi connectivity index (χ3v) is 4.52. The summed E-state index contributed by atoms with van der Waals surface area (Å²) in [5.41, 5.74) is 0.623. The Bertz CT molecular complexity index is 603. The summed E-state index contributed by atoms with van der Waals surface area (Å²) in [5.74, 6) is -3.54. The van der Waals surface area contributed by atoms with Gasteiger partial charge in [0.2, 0.25) is 5.91 Å². The minimum Gasteiger partial charge on any atom is -0.481 e. The molecule has 7 heteroatoms. The van der Waals surface area contributed by atoms with E-state index in [0.717, 1.165) is 12.1 Å².